The van der Waals surface area contributed by atoms with Gasteiger partial charge in [0.1, 0.15) is 0 Å². The molecular weight excluding hydrogens is 150 g/mol. The van der Waals surface area contributed by atoms with Crippen LogP contribution >= 0.6 is 0 Å². The minimum absolute atomic E-state index is 0.418. The molecule has 1 aliphatic carbocycles. The average Bonchev–Trinajstić information content (AvgIpc) is 2.56. The Morgan fingerprint density at radius 1 is 1.25 bits per heavy atom. The monoisotopic (exact) mass is 167 g/mol. The van der Waals surface area contributed by atoms with Gasteiger partial charge in [0, 0.05) is 6.04 Å². The molecule has 1 atom stereocenters. The second-order valence-corrected chi connectivity index (χ2v) is 3.87. The largest absolute Gasteiger partial charge is 0.377 e. The Bertz CT molecular complexity index is 190. The van der Waals surface area contributed by atoms with Gasteiger partial charge in [0.05, 0.1) is 13.2 Å². The minimum atomic E-state index is 0.418. The van der Waals surface area contributed by atoms with Crippen molar-refractivity contribution in [2.24, 2.45) is 5.73 Å². The molecule has 2 fully saturated rings. The summed E-state index contributed by atoms with van der Waals surface area (Å²) in [6.07, 6.45) is 6.03. The number of hydrogen-bond donors (Lipinski definition) is 1. The summed E-state index contributed by atoms with van der Waals surface area (Å²) in [4.78, 5) is 0. The van der Waals surface area contributed by atoms with Gasteiger partial charge >= 0.3 is 0 Å². The maximum Gasteiger partial charge on any atom is 0.0680 e. The minimum Gasteiger partial charge on any atom is -0.377 e. The summed E-state index contributed by atoms with van der Waals surface area (Å²) in [6.45, 7) is 1.80. The standard InChI is InChI=1S/C10H17NO/c11-10-3-1-2-8(6-10)9-4-5-12-7-9/h10H,1-7,11H2. The lowest BCUT2D eigenvalue weighted by Gasteiger charge is -2.22. The Morgan fingerprint density at radius 3 is 2.83 bits per heavy atom. The van der Waals surface area contributed by atoms with Crippen LogP contribution in [0.1, 0.15) is 32.1 Å². The molecule has 0 spiro atoms. The molecule has 1 saturated carbocycles. The molecule has 0 aromatic carbocycles. The Kier molecular flexibility index (Phi) is 2.47. The van der Waals surface area contributed by atoms with E-state index in [1.807, 2.05) is 0 Å². The van der Waals surface area contributed by atoms with Crippen molar-refractivity contribution in [1.82, 2.24) is 0 Å². The topological polar surface area (TPSA) is 35.2 Å². The third kappa shape index (κ3) is 1.70. The number of rotatable bonds is 0. The van der Waals surface area contributed by atoms with Gasteiger partial charge in [-0.3, -0.25) is 0 Å². The van der Waals surface area contributed by atoms with E-state index in [0.29, 0.717) is 6.04 Å². The summed E-state index contributed by atoms with van der Waals surface area (Å²) in [5.41, 5.74) is 9.07. The highest BCUT2D eigenvalue weighted by molar-refractivity contribution is 5.19. The Hall–Kier alpha value is -0.340. The predicted octanol–water partition coefficient (Wildman–Crippen LogP) is 1.60. The molecule has 0 bridgehead atoms. The average molecular weight is 167 g/mol. The first-order valence-electron chi connectivity index (χ1n) is 4.89. The third-order valence-corrected chi connectivity index (χ3v) is 2.89. The second kappa shape index (κ2) is 3.58. The first kappa shape index (κ1) is 8.27. The van der Waals surface area contributed by atoms with Crippen LogP contribution in [-0.2, 0) is 4.74 Å². The van der Waals surface area contributed by atoms with Gasteiger partial charge in [-0.2, -0.15) is 0 Å². The van der Waals surface area contributed by atoms with E-state index in [4.69, 9.17) is 10.5 Å². The molecule has 12 heavy (non-hydrogen) atoms. The molecule has 2 heteroatoms. The zero-order valence-electron chi connectivity index (χ0n) is 7.51. The summed E-state index contributed by atoms with van der Waals surface area (Å²) in [6, 6.07) is 0.418. The van der Waals surface area contributed by atoms with Crippen LogP contribution in [0.5, 0.6) is 0 Å². The fourth-order valence-corrected chi connectivity index (χ4v) is 2.16. The van der Waals surface area contributed by atoms with E-state index >= 15 is 0 Å². The fraction of sp³-hybridized carbons (Fsp3) is 0.800. The van der Waals surface area contributed by atoms with Crippen molar-refractivity contribution in [3.63, 3.8) is 0 Å². The van der Waals surface area contributed by atoms with E-state index < -0.39 is 0 Å². The van der Waals surface area contributed by atoms with E-state index in [0.717, 1.165) is 26.1 Å². The van der Waals surface area contributed by atoms with E-state index in [1.54, 1.807) is 11.1 Å². The summed E-state index contributed by atoms with van der Waals surface area (Å²) >= 11 is 0. The molecule has 2 rings (SSSR count). The van der Waals surface area contributed by atoms with Crippen LogP contribution in [0, 0.1) is 0 Å². The van der Waals surface area contributed by atoms with Gasteiger partial charge in [-0.15, -0.1) is 0 Å². The molecule has 1 saturated heterocycles. The molecule has 0 aromatic heterocycles. The first-order valence-corrected chi connectivity index (χ1v) is 4.89. The maximum atomic E-state index is 5.92. The van der Waals surface area contributed by atoms with Crippen LogP contribution in [0.4, 0.5) is 0 Å². The molecule has 0 aromatic rings. The molecule has 0 radical (unpaired) electrons. The molecule has 0 amide bonds. The zero-order chi connectivity index (χ0) is 8.39. The van der Waals surface area contributed by atoms with Crippen LogP contribution in [-0.4, -0.2) is 19.3 Å². The molecule has 2 aliphatic rings. The lowest BCUT2D eigenvalue weighted by atomic mass is 9.88. The van der Waals surface area contributed by atoms with Crippen molar-refractivity contribution < 1.29 is 4.74 Å². The molecule has 2 nitrogen and oxygen atoms in total. The highest BCUT2D eigenvalue weighted by atomic mass is 16.5. The maximum absolute atomic E-state index is 5.92. The Morgan fingerprint density at radius 2 is 2.17 bits per heavy atom. The van der Waals surface area contributed by atoms with Gasteiger partial charge in [0.2, 0.25) is 0 Å². The van der Waals surface area contributed by atoms with Crippen LogP contribution in [0.3, 0.4) is 0 Å². The van der Waals surface area contributed by atoms with Gasteiger partial charge in [-0.1, -0.05) is 5.57 Å². The first-order chi connectivity index (χ1) is 5.86. The van der Waals surface area contributed by atoms with E-state index in [-0.39, 0.29) is 0 Å². The van der Waals surface area contributed by atoms with Gasteiger partial charge in [0.15, 0.2) is 0 Å². The highest BCUT2D eigenvalue weighted by Crippen LogP contribution is 2.28. The number of nitrogens with two attached hydrogens (primary N) is 1. The van der Waals surface area contributed by atoms with Crippen LogP contribution in [0.15, 0.2) is 11.1 Å². The van der Waals surface area contributed by atoms with Gasteiger partial charge in [0.25, 0.3) is 0 Å². The van der Waals surface area contributed by atoms with Crippen molar-refractivity contribution in [2.45, 2.75) is 38.1 Å². The fourth-order valence-electron chi connectivity index (χ4n) is 2.16. The quantitative estimate of drug-likeness (QED) is 0.556. The van der Waals surface area contributed by atoms with Crippen LogP contribution < -0.4 is 5.73 Å². The lowest BCUT2D eigenvalue weighted by molar-refractivity contribution is 0.204. The van der Waals surface area contributed by atoms with Gasteiger partial charge < -0.3 is 10.5 Å². The van der Waals surface area contributed by atoms with E-state index in [1.165, 1.54) is 19.3 Å². The Balaban J connectivity index is 2.05. The second-order valence-electron chi connectivity index (χ2n) is 3.87. The SMILES string of the molecule is NC1CCCC(=C2CCOC2)C1. The molecule has 1 aliphatic heterocycles. The van der Waals surface area contributed by atoms with Crippen molar-refractivity contribution in [2.75, 3.05) is 13.2 Å². The lowest BCUT2D eigenvalue weighted by Crippen LogP contribution is -2.24. The molecule has 2 N–H and O–H groups in total. The summed E-state index contributed by atoms with van der Waals surface area (Å²) in [5, 5.41) is 0. The Labute approximate surface area is 73.8 Å². The smallest absolute Gasteiger partial charge is 0.0680 e. The summed E-state index contributed by atoms with van der Waals surface area (Å²) < 4.78 is 5.35. The van der Waals surface area contributed by atoms with E-state index in [2.05, 4.69) is 0 Å². The summed E-state index contributed by atoms with van der Waals surface area (Å²) in [5.74, 6) is 0. The van der Waals surface area contributed by atoms with Gasteiger partial charge in [-0.25, -0.2) is 0 Å². The highest BCUT2D eigenvalue weighted by Gasteiger charge is 2.18. The van der Waals surface area contributed by atoms with E-state index in [9.17, 15) is 0 Å². The molecular formula is C10H17NO. The number of ether oxygens (including phenoxy) is 1. The predicted molar refractivity (Wildman–Crippen MR) is 48.9 cm³/mol. The van der Waals surface area contributed by atoms with Crippen molar-refractivity contribution in [1.29, 1.82) is 0 Å². The zero-order valence-corrected chi connectivity index (χ0v) is 7.51. The molecule has 1 heterocycles. The molecule has 68 valence electrons. The normalized spacial score (nSPS) is 37.2. The van der Waals surface area contributed by atoms with Crippen molar-refractivity contribution >= 4 is 0 Å². The van der Waals surface area contributed by atoms with Crippen LogP contribution in [0.25, 0.3) is 0 Å². The van der Waals surface area contributed by atoms with Crippen molar-refractivity contribution in [3.8, 4) is 0 Å². The van der Waals surface area contributed by atoms with Crippen LogP contribution in [0.2, 0.25) is 0 Å². The molecule has 1 unspecified atom stereocenters. The van der Waals surface area contributed by atoms with Crippen molar-refractivity contribution in [3.05, 3.63) is 11.1 Å². The van der Waals surface area contributed by atoms with Gasteiger partial charge in [-0.05, 0) is 37.7 Å². The number of hydrogen-bond acceptors (Lipinski definition) is 2. The third-order valence-electron chi connectivity index (χ3n) is 2.89. The summed E-state index contributed by atoms with van der Waals surface area (Å²) in [7, 11) is 0.